The lowest BCUT2D eigenvalue weighted by Crippen LogP contribution is -2.43. The van der Waals surface area contributed by atoms with Crippen LogP contribution in [-0.4, -0.2) is 23.0 Å². The Bertz CT molecular complexity index is 732. The van der Waals surface area contributed by atoms with Crippen LogP contribution in [0.25, 0.3) is 0 Å². The number of hydrogen-bond donors (Lipinski definition) is 1. The highest BCUT2D eigenvalue weighted by Gasteiger charge is 2.39. The lowest BCUT2D eigenvalue weighted by Gasteiger charge is -2.22. The molecular weight excluding hydrogens is 270 g/mol. The van der Waals surface area contributed by atoms with E-state index in [1.807, 2.05) is 12.1 Å². The standard InChI is InChI=1S/C16H15NO4/c1-9-7-12(10(2)21-9)15(18)17-13-6-4-3-5-11(13)8-14(17)16(19)20/h3-7,14H,8H2,1-2H3,(H,19,20)/t14-/m0/s1. The molecule has 1 aliphatic heterocycles. The van der Waals surface area contributed by atoms with Crippen LogP contribution in [0, 0.1) is 13.8 Å². The molecule has 0 unspecified atom stereocenters. The van der Waals surface area contributed by atoms with Crippen molar-refractivity contribution in [3.8, 4) is 0 Å². The number of anilines is 1. The van der Waals surface area contributed by atoms with Crippen molar-refractivity contribution in [3.63, 3.8) is 0 Å². The first kappa shape index (κ1) is 13.4. The molecule has 1 aromatic carbocycles. The monoisotopic (exact) mass is 285 g/mol. The number of furan rings is 1. The molecule has 5 heteroatoms. The maximum absolute atomic E-state index is 12.8. The maximum Gasteiger partial charge on any atom is 0.327 e. The van der Waals surface area contributed by atoms with Gasteiger partial charge in [0.2, 0.25) is 0 Å². The first-order chi connectivity index (χ1) is 9.99. The second kappa shape index (κ2) is 4.77. The van der Waals surface area contributed by atoms with E-state index in [0.29, 0.717) is 29.2 Å². The highest BCUT2D eigenvalue weighted by atomic mass is 16.4. The molecule has 0 bridgehead atoms. The minimum Gasteiger partial charge on any atom is -0.480 e. The van der Waals surface area contributed by atoms with E-state index >= 15 is 0 Å². The molecule has 2 heterocycles. The van der Waals surface area contributed by atoms with E-state index in [1.165, 1.54) is 4.90 Å². The van der Waals surface area contributed by atoms with Crippen molar-refractivity contribution in [2.45, 2.75) is 26.3 Å². The number of nitrogens with zero attached hydrogens (tertiary/aromatic N) is 1. The minimum absolute atomic E-state index is 0.327. The normalized spacial score (nSPS) is 16.9. The van der Waals surface area contributed by atoms with Crippen LogP contribution < -0.4 is 4.90 Å². The van der Waals surface area contributed by atoms with Gasteiger partial charge in [-0.15, -0.1) is 0 Å². The molecule has 1 atom stereocenters. The van der Waals surface area contributed by atoms with Gasteiger partial charge < -0.3 is 9.52 Å². The molecule has 0 radical (unpaired) electrons. The van der Waals surface area contributed by atoms with Gasteiger partial charge in [0.15, 0.2) is 0 Å². The molecule has 1 N–H and O–H groups in total. The molecule has 2 aromatic rings. The summed E-state index contributed by atoms with van der Waals surface area (Å²) < 4.78 is 5.38. The summed E-state index contributed by atoms with van der Waals surface area (Å²) in [5, 5.41) is 9.41. The number of aliphatic carboxylic acids is 1. The third-order valence-electron chi connectivity index (χ3n) is 3.75. The summed E-state index contributed by atoms with van der Waals surface area (Å²) in [6.45, 7) is 3.47. The van der Waals surface area contributed by atoms with E-state index in [9.17, 15) is 14.7 Å². The van der Waals surface area contributed by atoms with Gasteiger partial charge in [-0.05, 0) is 31.5 Å². The number of amides is 1. The lowest BCUT2D eigenvalue weighted by molar-refractivity contribution is -0.138. The second-order valence-corrected chi connectivity index (χ2v) is 5.19. The molecule has 3 rings (SSSR count). The Balaban J connectivity index is 2.07. The summed E-state index contributed by atoms with van der Waals surface area (Å²) >= 11 is 0. The van der Waals surface area contributed by atoms with E-state index in [-0.39, 0.29) is 5.91 Å². The van der Waals surface area contributed by atoms with Gasteiger partial charge in [-0.25, -0.2) is 4.79 Å². The highest BCUT2D eigenvalue weighted by Crippen LogP contribution is 2.34. The van der Waals surface area contributed by atoms with Gasteiger partial charge in [0.1, 0.15) is 17.6 Å². The number of fused-ring (bicyclic) bond motifs is 1. The predicted octanol–water partition coefficient (Wildman–Crippen LogP) is 2.55. The Morgan fingerprint density at radius 1 is 1.29 bits per heavy atom. The average Bonchev–Trinajstić information content (AvgIpc) is 2.98. The van der Waals surface area contributed by atoms with Crippen molar-refractivity contribution in [1.82, 2.24) is 0 Å². The fraction of sp³-hybridized carbons (Fsp3) is 0.250. The van der Waals surface area contributed by atoms with Crippen LogP contribution in [0.3, 0.4) is 0 Å². The van der Waals surface area contributed by atoms with Crippen molar-refractivity contribution >= 4 is 17.6 Å². The largest absolute Gasteiger partial charge is 0.480 e. The summed E-state index contributed by atoms with van der Waals surface area (Å²) in [4.78, 5) is 25.6. The van der Waals surface area contributed by atoms with Gasteiger partial charge >= 0.3 is 5.97 Å². The summed E-state index contributed by atoms with van der Waals surface area (Å²) in [6, 6.07) is 8.06. The van der Waals surface area contributed by atoms with Crippen LogP contribution in [-0.2, 0) is 11.2 Å². The summed E-state index contributed by atoms with van der Waals surface area (Å²) in [7, 11) is 0. The fourth-order valence-electron chi connectivity index (χ4n) is 2.81. The van der Waals surface area contributed by atoms with Crippen molar-refractivity contribution < 1.29 is 19.1 Å². The SMILES string of the molecule is Cc1cc(C(=O)N2c3ccccc3C[C@H]2C(=O)O)c(C)o1. The summed E-state index contributed by atoms with van der Waals surface area (Å²) in [5.41, 5.74) is 1.94. The minimum atomic E-state index is -1.00. The first-order valence-corrected chi connectivity index (χ1v) is 6.70. The van der Waals surface area contributed by atoms with Crippen molar-refractivity contribution in [2.75, 3.05) is 4.90 Å². The molecule has 1 aliphatic rings. The number of benzene rings is 1. The molecule has 1 amide bonds. The van der Waals surface area contributed by atoms with Gasteiger partial charge in [-0.3, -0.25) is 9.69 Å². The number of carbonyl (C=O) groups is 2. The first-order valence-electron chi connectivity index (χ1n) is 6.70. The van der Waals surface area contributed by atoms with Crippen LogP contribution in [0.5, 0.6) is 0 Å². The van der Waals surface area contributed by atoms with Crippen LogP contribution in [0.15, 0.2) is 34.7 Å². The van der Waals surface area contributed by atoms with Crippen LogP contribution in [0.4, 0.5) is 5.69 Å². The molecule has 21 heavy (non-hydrogen) atoms. The Labute approximate surface area is 121 Å². The topological polar surface area (TPSA) is 70.8 Å². The predicted molar refractivity (Wildman–Crippen MR) is 76.6 cm³/mol. The molecule has 0 saturated carbocycles. The third kappa shape index (κ3) is 2.11. The Hall–Kier alpha value is -2.56. The summed E-state index contributed by atoms with van der Waals surface area (Å²) in [5.74, 6) is -0.194. The molecular formula is C16H15NO4. The second-order valence-electron chi connectivity index (χ2n) is 5.19. The smallest absolute Gasteiger partial charge is 0.327 e. The van der Waals surface area contributed by atoms with Crippen LogP contribution in [0.1, 0.15) is 27.4 Å². The molecule has 108 valence electrons. The molecule has 0 fully saturated rings. The number of rotatable bonds is 2. The van der Waals surface area contributed by atoms with Gasteiger partial charge in [-0.1, -0.05) is 18.2 Å². The fourth-order valence-corrected chi connectivity index (χ4v) is 2.81. The zero-order chi connectivity index (χ0) is 15.1. The van der Waals surface area contributed by atoms with E-state index < -0.39 is 12.0 Å². The zero-order valence-electron chi connectivity index (χ0n) is 11.8. The maximum atomic E-state index is 12.8. The van der Waals surface area contributed by atoms with Crippen LogP contribution >= 0.6 is 0 Å². The van der Waals surface area contributed by atoms with E-state index in [0.717, 1.165) is 5.56 Å². The van der Waals surface area contributed by atoms with Gasteiger partial charge in [0.25, 0.3) is 5.91 Å². The number of para-hydroxylation sites is 1. The van der Waals surface area contributed by atoms with Crippen molar-refractivity contribution in [1.29, 1.82) is 0 Å². The average molecular weight is 285 g/mol. The number of aryl methyl sites for hydroxylation is 2. The van der Waals surface area contributed by atoms with Crippen molar-refractivity contribution in [2.24, 2.45) is 0 Å². The van der Waals surface area contributed by atoms with Gasteiger partial charge in [0.05, 0.1) is 5.56 Å². The molecule has 0 spiro atoms. The van der Waals surface area contributed by atoms with Crippen molar-refractivity contribution in [3.05, 3.63) is 53.0 Å². The highest BCUT2D eigenvalue weighted by molar-refractivity contribution is 6.11. The number of carboxylic acid groups (broad SMARTS) is 1. The molecule has 0 aliphatic carbocycles. The Kier molecular flexibility index (Phi) is 3.05. The van der Waals surface area contributed by atoms with E-state index in [1.54, 1.807) is 32.0 Å². The van der Waals surface area contributed by atoms with Gasteiger partial charge in [0, 0.05) is 12.1 Å². The number of carbonyl (C=O) groups excluding carboxylic acids is 1. The van der Waals surface area contributed by atoms with E-state index in [4.69, 9.17) is 4.42 Å². The lowest BCUT2D eigenvalue weighted by atomic mass is 10.1. The number of hydrogen-bond acceptors (Lipinski definition) is 3. The van der Waals surface area contributed by atoms with Gasteiger partial charge in [-0.2, -0.15) is 0 Å². The quantitative estimate of drug-likeness (QED) is 0.920. The summed E-state index contributed by atoms with van der Waals surface area (Å²) in [6.07, 6.45) is 0.327. The number of carboxylic acids is 1. The Morgan fingerprint density at radius 2 is 2.00 bits per heavy atom. The molecule has 5 nitrogen and oxygen atoms in total. The third-order valence-corrected chi connectivity index (χ3v) is 3.75. The molecule has 1 aromatic heterocycles. The Morgan fingerprint density at radius 3 is 2.62 bits per heavy atom. The van der Waals surface area contributed by atoms with Crippen LogP contribution in [0.2, 0.25) is 0 Å². The zero-order valence-corrected chi connectivity index (χ0v) is 11.8. The van der Waals surface area contributed by atoms with E-state index in [2.05, 4.69) is 0 Å². The molecule has 0 saturated heterocycles.